The maximum Gasteiger partial charge on any atom is 0.0558 e. The molecule has 0 unspecified atom stereocenters. The maximum atomic E-state index is 8.94. The minimum Gasteiger partial charge on any atom is -0.395 e. The van der Waals surface area contributed by atoms with Gasteiger partial charge in [0.1, 0.15) is 0 Å². The first-order valence-corrected chi connectivity index (χ1v) is 5.23. The molecule has 13 heavy (non-hydrogen) atoms. The molecule has 1 rings (SSSR count). The summed E-state index contributed by atoms with van der Waals surface area (Å²) in [4.78, 5) is 2.37. The third kappa shape index (κ3) is 3.49. The van der Waals surface area contributed by atoms with Crippen LogP contribution in [0.4, 0.5) is 0 Å². The Bertz CT molecular complexity index is 161. The molecule has 0 aliphatic heterocycles. The average Bonchev–Trinajstić information content (AvgIpc) is 2.54. The molecular weight excluding hydrogens is 162 g/mol. The van der Waals surface area contributed by atoms with Crippen LogP contribution in [0.3, 0.4) is 0 Å². The molecular formula is C11H21NO. The van der Waals surface area contributed by atoms with Crippen LogP contribution < -0.4 is 0 Å². The Morgan fingerprint density at radius 1 is 1.46 bits per heavy atom. The molecule has 1 aliphatic rings. The normalized spacial score (nSPS) is 18.4. The standard InChI is InChI=1S/C11H21NO/c1-10(2)9-12(7-8-13)11-5-3-4-6-11/h11,13H,1,3-9H2,2H3. The first kappa shape index (κ1) is 10.7. The van der Waals surface area contributed by atoms with Crippen LogP contribution in [0.5, 0.6) is 0 Å². The van der Waals surface area contributed by atoms with Gasteiger partial charge in [-0.1, -0.05) is 25.0 Å². The Balaban J connectivity index is 2.39. The van der Waals surface area contributed by atoms with Crippen LogP contribution >= 0.6 is 0 Å². The number of aliphatic hydroxyl groups excluding tert-OH is 1. The zero-order valence-corrected chi connectivity index (χ0v) is 8.63. The molecule has 1 fully saturated rings. The van der Waals surface area contributed by atoms with Gasteiger partial charge in [-0.3, -0.25) is 4.90 Å². The van der Waals surface area contributed by atoms with Crippen molar-refractivity contribution in [2.24, 2.45) is 0 Å². The molecule has 0 aromatic carbocycles. The van der Waals surface area contributed by atoms with Gasteiger partial charge in [-0.05, 0) is 19.8 Å². The van der Waals surface area contributed by atoms with E-state index >= 15 is 0 Å². The highest BCUT2D eigenvalue weighted by atomic mass is 16.3. The maximum absolute atomic E-state index is 8.94. The van der Waals surface area contributed by atoms with Crippen LogP contribution in [0, 0.1) is 0 Å². The minimum absolute atomic E-state index is 0.268. The van der Waals surface area contributed by atoms with Gasteiger partial charge in [0.05, 0.1) is 6.61 Å². The lowest BCUT2D eigenvalue weighted by Crippen LogP contribution is -2.36. The van der Waals surface area contributed by atoms with E-state index < -0.39 is 0 Å². The summed E-state index contributed by atoms with van der Waals surface area (Å²) in [5, 5.41) is 8.94. The van der Waals surface area contributed by atoms with Crippen LogP contribution in [0.25, 0.3) is 0 Å². The summed E-state index contributed by atoms with van der Waals surface area (Å²) in [7, 11) is 0. The van der Waals surface area contributed by atoms with E-state index in [1.54, 1.807) is 0 Å². The van der Waals surface area contributed by atoms with E-state index in [0.29, 0.717) is 6.04 Å². The van der Waals surface area contributed by atoms with Gasteiger partial charge in [0.2, 0.25) is 0 Å². The smallest absolute Gasteiger partial charge is 0.0558 e. The molecule has 0 aromatic heterocycles. The lowest BCUT2D eigenvalue weighted by Gasteiger charge is -2.28. The molecule has 0 radical (unpaired) electrons. The fourth-order valence-electron chi connectivity index (χ4n) is 2.14. The third-order valence-corrected chi connectivity index (χ3v) is 2.70. The van der Waals surface area contributed by atoms with Crippen molar-refractivity contribution >= 4 is 0 Å². The number of rotatable bonds is 5. The number of aliphatic hydroxyl groups is 1. The first-order valence-electron chi connectivity index (χ1n) is 5.23. The van der Waals surface area contributed by atoms with Crippen LogP contribution in [0.1, 0.15) is 32.6 Å². The predicted octanol–water partition coefficient (Wildman–Crippen LogP) is 1.80. The quantitative estimate of drug-likeness (QED) is 0.657. The van der Waals surface area contributed by atoms with Gasteiger partial charge in [0, 0.05) is 19.1 Å². The molecule has 1 N–H and O–H groups in total. The minimum atomic E-state index is 0.268. The van der Waals surface area contributed by atoms with Gasteiger partial charge >= 0.3 is 0 Å². The van der Waals surface area contributed by atoms with Crippen LogP contribution in [0.2, 0.25) is 0 Å². The summed E-state index contributed by atoms with van der Waals surface area (Å²) in [5.74, 6) is 0. The van der Waals surface area contributed by atoms with E-state index in [1.165, 1.54) is 31.3 Å². The summed E-state index contributed by atoms with van der Waals surface area (Å²) in [6.07, 6.45) is 5.30. The lowest BCUT2D eigenvalue weighted by molar-refractivity contribution is 0.163. The van der Waals surface area contributed by atoms with E-state index in [1.807, 2.05) is 0 Å². The van der Waals surface area contributed by atoms with Gasteiger partial charge in [-0.2, -0.15) is 0 Å². The monoisotopic (exact) mass is 183 g/mol. The average molecular weight is 183 g/mol. The van der Waals surface area contributed by atoms with Crippen molar-refractivity contribution < 1.29 is 5.11 Å². The Labute approximate surface area is 81.2 Å². The molecule has 0 spiro atoms. The second-order valence-corrected chi connectivity index (χ2v) is 4.09. The zero-order chi connectivity index (χ0) is 9.68. The van der Waals surface area contributed by atoms with Crippen molar-refractivity contribution in [3.05, 3.63) is 12.2 Å². The fraction of sp³-hybridized carbons (Fsp3) is 0.818. The summed E-state index contributed by atoms with van der Waals surface area (Å²) in [6.45, 7) is 8.00. The molecule has 76 valence electrons. The van der Waals surface area contributed by atoms with Gasteiger partial charge in [-0.25, -0.2) is 0 Å². The number of hydrogen-bond donors (Lipinski definition) is 1. The lowest BCUT2D eigenvalue weighted by atomic mass is 10.2. The number of nitrogens with zero attached hydrogens (tertiary/aromatic N) is 1. The highest BCUT2D eigenvalue weighted by Gasteiger charge is 2.21. The highest BCUT2D eigenvalue weighted by molar-refractivity contribution is 4.94. The van der Waals surface area contributed by atoms with Crippen molar-refractivity contribution in [1.82, 2.24) is 4.90 Å². The Morgan fingerprint density at radius 2 is 2.08 bits per heavy atom. The first-order chi connectivity index (χ1) is 6.24. The second-order valence-electron chi connectivity index (χ2n) is 4.09. The molecule has 0 aromatic rings. The molecule has 0 atom stereocenters. The molecule has 0 heterocycles. The third-order valence-electron chi connectivity index (χ3n) is 2.70. The summed E-state index contributed by atoms with van der Waals surface area (Å²) in [5.41, 5.74) is 1.19. The van der Waals surface area contributed by atoms with Crippen molar-refractivity contribution in [1.29, 1.82) is 0 Å². The summed E-state index contributed by atoms with van der Waals surface area (Å²) < 4.78 is 0. The molecule has 1 aliphatic carbocycles. The topological polar surface area (TPSA) is 23.5 Å². The van der Waals surface area contributed by atoms with E-state index in [4.69, 9.17) is 5.11 Å². The van der Waals surface area contributed by atoms with Crippen LogP contribution in [-0.2, 0) is 0 Å². The van der Waals surface area contributed by atoms with E-state index in [9.17, 15) is 0 Å². The SMILES string of the molecule is C=C(C)CN(CCO)C1CCCC1. The van der Waals surface area contributed by atoms with Crippen molar-refractivity contribution in [2.45, 2.75) is 38.6 Å². The van der Waals surface area contributed by atoms with Gasteiger partial charge in [0.15, 0.2) is 0 Å². The van der Waals surface area contributed by atoms with Crippen LogP contribution in [0.15, 0.2) is 12.2 Å². The molecule has 2 heteroatoms. The molecule has 0 bridgehead atoms. The summed E-state index contributed by atoms with van der Waals surface area (Å²) in [6, 6.07) is 0.698. The van der Waals surface area contributed by atoms with E-state index in [-0.39, 0.29) is 6.61 Å². The van der Waals surface area contributed by atoms with Crippen LogP contribution in [-0.4, -0.2) is 35.7 Å². The van der Waals surface area contributed by atoms with Crippen molar-refractivity contribution in [3.8, 4) is 0 Å². The second kappa shape index (κ2) is 5.40. The number of hydrogen-bond acceptors (Lipinski definition) is 2. The van der Waals surface area contributed by atoms with E-state index in [2.05, 4.69) is 18.4 Å². The molecule has 1 saturated carbocycles. The largest absolute Gasteiger partial charge is 0.395 e. The summed E-state index contributed by atoms with van der Waals surface area (Å²) >= 11 is 0. The Hall–Kier alpha value is -0.340. The highest BCUT2D eigenvalue weighted by Crippen LogP contribution is 2.23. The van der Waals surface area contributed by atoms with Gasteiger partial charge < -0.3 is 5.11 Å². The van der Waals surface area contributed by atoms with Gasteiger partial charge in [0.25, 0.3) is 0 Å². The van der Waals surface area contributed by atoms with Crippen molar-refractivity contribution in [2.75, 3.05) is 19.7 Å². The molecule has 2 nitrogen and oxygen atoms in total. The van der Waals surface area contributed by atoms with Crippen molar-refractivity contribution in [3.63, 3.8) is 0 Å². The molecule has 0 saturated heterocycles. The Morgan fingerprint density at radius 3 is 2.54 bits per heavy atom. The molecule has 0 amide bonds. The van der Waals surface area contributed by atoms with Gasteiger partial charge in [-0.15, -0.1) is 0 Å². The zero-order valence-electron chi connectivity index (χ0n) is 8.63. The fourth-order valence-corrected chi connectivity index (χ4v) is 2.14. The predicted molar refractivity (Wildman–Crippen MR) is 55.7 cm³/mol. The van der Waals surface area contributed by atoms with E-state index in [0.717, 1.165) is 13.1 Å². The Kier molecular flexibility index (Phi) is 4.46.